The molecule has 1 aliphatic heterocycles. The van der Waals surface area contributed by atoms with Gasteiger partial charge in [0.05, 0.1) is 33.2 Å². The van der Waals surface area contributed by atoms with Gasteiger partial charge in [-0.15, -0.1) is 0 Å². The molecule has 190 valence electrons. The lowest BCUT2D eigenvalue weighted by Crippen LogP contribution is -2.51. The molecule has 0 unspecified atom stereocenters. The van der Waals surface area contributed by atoms with E-state index in [1.165, 1.54) is 4.90 Å². The van der Waals surface area contributed by atoms with Crippen LogP contribution in [-0.2, 0) is 9.59 Å². The monoisotopic (exact) mass is 568 g/mol. The molecule has 0 aromatic heterocycles. The second-order valence-electron chi connectivity index (χ2n) is 8.84. The first-order valence-corrected chi connectivity index (χ1v) is 12.6. The summed E-state index contributed by atoms with van der Waals surface area (Å²) in [6, 6.07) is 8.24. The number of aliphatic carboxylic acids is 1. The van der Waals surface area contributed by atoms with Crippen molar-refractivity contribution in [1.82, 2.24) is 10.2 Å². The molecule has 0 aliphatic carbocycles. The van der Waals surface area contributed by atoms with Gasteiger partial charge in [0.1, 0.15) is 6.04 Å². The number of carbonyl (C=O) groups excluding carboxylic acids is 2. The van der Waals surface area contributed by atoms with Crippen LogP contribution in [0.1, 0.15) is 31.4 Å². The van der Waals surface area contributed by atoms with Crippen LogP contribution in [0, 0.1) is 5.92 Å². The van der Waals surface area contributed by atoms with Gasteiger partial charge in [0, 0.05) is 11.1 Å². The molecule has 10 heteroatoms. The molecular weight excluding hydrogens is 546 g/mol. The number of nitrogens with one attached hydrogen (secondary N) is 1. The Morgan fingerprint density at radius 3 is 1.78 bits per heavy atom. The number of halogens is 4. The van der Waals surface area contributed by atoms with Crippen LogP contribution >= 0.6 is 46.4 Å². The summed E-state index contributed by atoms with van der Waals surface area (Å²) in [5, 5.41) is 13.5. The molecule has 1 aliphatic rings. The maximum atomic E-state index is 13.4. The number of carbonyl (C=O) groups is 3. The molecule has 2 aromatic rings. The third-order valence-electron chi connectivity index (χ3n) is 5.46. The zero-order valence-corrected chi connectivity index (χ0v) is 22.5. The van der Waals surface area contributed by atoms with E-state index in [1.807, 2.05) is 13.8 Å². The Hall–Kier alpha value is -2.51. The number of carboxylic acid groups (broad SMARTS) is 1. The topological polar surface area (TPSA) is 86.7 Å². The van der Waals surface area contributed by atoms with Crippen LogP contribution in [0.3, 0.4) is 0 Å². The Balaban J connectivity index is 1.98. The highest BCUT2D eigenvalue weighted by Gasteiger charge is 2.31. The molecule has 6 nitrogen and oxygen atoms in total. The van der Waals surface area contributed by atoms with Crippen LogP contribution in [0.15, 0.2) is 47.5 Å². The molecule has 2 N–H and O–H groups in total. The van der Waals surface area contributed by atoms with E-state index in [0.717, 1.165) is 0 Å². The highest BCUT2D eigenvalue weighted by Crippen LogP contribution is 2.28. The Kier molecular flexibility index (Phi) is 9.47. The van der Waals surface area contributed by atoms with Crippen molar-refractivity contribution in [3.8, 4) is 0 Å². The van der Waals surface area contributed by atoms with Crippen LogP contribution in [0.25, 0.3) is 12.2 Å². The molecule has 0 spiro atoms. The second-order valence-corrected chi connectivity index (χ2v) is 10.5. The van der Waals surface area contributed by atoms with E-state index >= 15 is 0 Å². The largest absolute Gasteiger partial charge is 0.480 e. The lowest BCUT2D eigenvalue weighted by atomic mass is 9.94. The minimum Gasteiger partial charge on any atom is -0.480 e. The minimum atomic E-state index is -1.12. The fraction of sp³-hybridized carbons (Fsp3) is 0.269. The first-order valence-electron chi connectivity index (χ1n) is 11.1. The molecule has 36 heavy (non-hydrogen) atoms. The molecule has 0 saturated carbocycles. The fourth-order valence-electron chi connectivity index (χ4n) is 3.72. The molecule has 2 aromatic carbocycles. The minimum absolute atomic E-state index is 0.0162. The quantitative estimate of drug-likeness (QED) is 0.372. The van der Waals surface area contributed by atoms with Crippen molar-refractivity contribution in [3.05, 3.63) is 78.8 Å². The van der Waals surface area contributed by atoms with Gasteiger partial charge in [-0.25, -0.2) is 9.59 Å². The number of Topliss-reactive ketones (excluding diaryl/α,β-unsaturated/α-hetero) is 1. The van der Waals surface area contributed by atoms with E-state index in [2.05, 4.69) is 5.32 Å². The van der Waals surface area contributed by atoms with Crippen molar-refractivity contribution in [1.29, 1.82) is 0 Å². The zero-order chi connectivity index (χ0) is 26.6. The average Bonchev–Trinajstić information content (AvgIpc) is 2.80. The molecule has 0 bridgehead atoms. The van der Waals surface area contributed by atoms with Gasteiger partial charge in [-0.2, -0.15) is 0 Å². The van der Waals surface area contributed by atoms with Gasteiger partial charge in [0.25, 0.3) is 0 Å². The van der Waals surface area contributed by atoms with Gasteiger partial charge in [-0.3, -0.25) is 4.79 Å². The van der Waals surface area contributed by atoms with Crippen molar-refractivity contribution in [2.75, 3.05) is 13.1 Å². The van der Waals surface area contributed by atoms with Crippen molar-refractivity contribution in [3.63, 3.8) is 0 Å². The summed E-state index contributed by atoms with van der Waals surface area (Å²) in [5.74, 6) is -1.32. The van der Waals surface area contributed by atoms with Crippen molar-refractivity contribution in [2.24, 2.45) is 5.92 Å². The van der Waals surface area contributed by atoms with Crippen LogP contribution in [0.2, 0.25) is 20.1 Å². The number of hydrogen-bond acceptors (Lipinski definition) is 3. The summed E-state index contributed by atoms with van der Waals surface area (Å²) in [4.78, 5) is 39.5. The number of amides is 2. The van der Waals surface area contributed by atoms with Crippen molar-refractivity contribution < 1.29 is 19.5 Å². The summed E-state index contributed by atoms with van der Waals surface area (Å²) in [6.45, 7) is 3.71. The zero-order valence-electron chi connectivity index (χ0n) is 19.5. The lowest BCUT2D eigenvalue weighted by Gasteiger charge is -2.31. The highest BCUT2D eigenvalue weighted by atomic mass is 35.5. The van der Waals surface area contributed by atoms with Gasteiger partial charge >= 0.3 is 12.0 Å². The first kappa shape index (κ1) is 28.1. The normalized spacial score (nSPS) is 17.1. The molecule has 1 heterocycles. The number of urea groups is 1. The molecule has 3 rings (SSSR count). The van der Waals surface area contributed by atoms with E-state index in [4.69, 9.17) is 46.4 Å². The first-order chi connectivity index (χ1) is 16.9. The van der Waals surface area contributed by atoms with Gasteiger partial charge in [0.15, 0.2) is 5.78 Å². The summed E-state index contributed by atoms with van der Waals surface area (Å²) in [7, 11) is 0. The van der Waals surface area contributed by atoms with Gasteiger partial charge in [-0.05, 0) is 59.9 Å². The number of hydrogen-bond donors (Lipinski definition) is 2. The number of ketones is 1. The molecular formula is C26H24Cl4N2O4. The van der Waals surface area contributed by atoms with Crippen LogP contribution < -0.4 is 5.32 Å². The van der Waals surface area contributed by atoms with Gasteiger partial charge < -0.3 is 15.3 Å². The smallest absolute Gasteiger partial charge is 0.326 e. The number of piperidine rings is 1. The predicted molar refractivity (Wildman–Crippen MR) is 145 cm³/mol. The molecule has 1 fully saturated rings. The Bertz CT molecular complexity index is 1180. The van der Waals surface area contributed by atoms with E-state index in [9.17, 15) is 19.5 Å². The average molecular weight is 570 g/mol. The lowest BCUT2D eigenvalue weighted by molar-refractivity contribution is -0.139. The maximum absolute atomic E-state index is 13.4. The molecule has 2 amide bonds. The molecule has 1 atom stereocenters. The summed E-state index contributed by atoms with van der Waals surface area (Å²) < 4.78 is 0. The number of carboxylic acids is 1. The molecule has 1 saturated heterocycles. The van der Waals surface area contributed by atoms with E-state index in [0.29, 0.717) is 42.4 Å². The third kappa shape index (κ3) is 7.26. The SMILES string of the molecule is CC(C)C[C@H](NC(=O)N1C/C(=C\c2ccc(Cl)c(Cl)c2)C(=O)/C(=C/c2ccc(Cl)c(Cl)c2)C1)C(=O)O. The van der Waals surface area contributed by atoms with E-state index in [-0.39, 0.29) is 31.2 Å². The number of benzene rings is 2. The summed E-state index contributed by atoms with van der Waals surface area (Å²) in [5.41, 5.74) is 1.92. The predicted octanol–water partition coefficient (Wildman–Crippen LogP) is 6.86. The van der Waals surface area contributed by atoms with Crippen molar-refractivity contribution in [2.45, 2.75) is 26.3 Å². The summed E-state index contributed by atoms with van der Waals surface area (Å²) >= 11 is 24.3. The maximum Gasteiger partial charge on any atom is 0.326 e. The van der Waals surface area contributed by atoms with E-state index < -0.39 is 18.0 Å². The van der Waals surface area contributed by atoms with E-state index in [1.54, 1.807) is 48.6 Å². The Morgan fingerprint density at radius 2 is 1.39 bits per heavy atom. The van der Waals surface area contributed by atoms with Gasteiger partial charge in [0.2, 0.25) is 0 Å². The standard InChI is InChI=1S/C26H24Cl4N2O4/c1-14(2)7-23(25(34)35)31-26(36)32-12-17(8-15-3-5-19(27)21(29)10-15)24(33)18(13-32)9-16-4-6-20(28)22(30)11-16/h3-6,8-11,14,23H,7,12-13H2,1-2H3,(H,31,36)(H,34,35)/b17-8+,18-9+/t23-/m0/s1. The van der Waals surface area contributed by atoms with Crippen LogP contribution in [0.5, 0.6) is 0 Å². The van der Waals surface area contributed by atoms with Crippen molar-refractivity contribution >= 4 is 76.3 Å². The number of nitrogens with zero attached hydrogens (tertiary/aromatic N) is 1. The fourth-order valence-corrected chi connectivity index (χ4v) is 4.34. The summed E-state index contributed by atoms with van der Waals surface area (Å²) in [6.07, 6.45) is 3.54. The number of rotatable bonds is 6. The Morgan fingerprint density at radius 1 is 0.917 bits per heavy atom. The van der Waals surface area contributed by atoms with Crippen LogP contribution in [-0.4, -0.2) is 46.9 Å². The molecule has 0 radical (unpaired) electrons. The third-order valence-corrected chi connectivity index (χ3v) is 6.94. The van der Waals surface area contributed by atoms with Crippen LogP contribution in [0.4, 0.5) is 4.79 Å². The van der Waals surface area contributed by atoms with Gasteiger partial charge in [-0.1, -0.05) is 72.4 Å². The second kappa shape index (κ2) is 12.2. The number of likely N-dealkylation sites (tertiary alicyclic amines) is 1. The highest BCUT2D eigenvalue weighted by molar-refractivity contribution is 6.42. The Labute approximate surface area is 229 Å².